The van der Waals surface area contributed by atoms with E-state index >= 15 is 0 Å². The van der Waals surface area contributed by atoms with E-state index in [2.05, 4.69) is 44.8 Å². The second kappa shape index (κ2) is 8.97. The third kappa shape index (κ3) is 5.07. The van der Waals surface area contributed by atoms with Crippen molar-refractivity contribution in [1.82, 2.24) is 10.2 Å². The topological polar surface area (TPSA) is 15.3 Å². The summed E-state index contributed by atoms with van der Waals surface area (Å²) in [5.74, 6) is 1.77. The minimum Gasteiger partial charge on any atom is -0.313 e. The molecular weight excluding hydrogens is 232 g/mol. The van der Waals surface area contributed by atoms with Gasteiger partial charge in [0, 0.05) is 18.6 Å². The summed E-state index contributed by atoms with van der Waals surface area (Å²) in [4.78, 5) is 2.76. The highest BCUT2D eigenvalue weighted by Gasteiger charge is 2.32. The predicted molar refractivity (Wildman–Crippen MR) is 85.6 cm³/mol. The quantitative estimate of drug-likeness (QED) is 0.718. The molecular formula is C17H36N2. The summed E-state index contributed by atoms with van der Waals surface area (Å²) in [6.07, 6.45) is 6.78. The molecule has 1 rings (SSSR count). The molecule has 0 aromatic heterocycles. The molecule has 0 radical (unpaired) electrons. The van der Waals surface area contributed by atoms with Crippen LogP contribution in [0.25, 0.3) is 0 Å². The van der Waals surface area contributed by atoms with Crippen LogP contribution in [-0.4, -0.2) is 36.6 Å². The molecule has 0 spiro atoms. The number of rotatable bonds is 8. The lowest BCUT2D eigenvalue weighted by molar-refractivity contribution is 0.0894. The van der Waals surface area contributed by atoms with Crippen molar-refractivity contribution in [3.05, 3.63) is 0 Å². The van der Waals surface area contributed by atoms with Gasteiger partial charge >= 0.3 is 0 Å². The Balaban J connectivity index is 2.67. The van der Waals surface area contributed by atoms with Crippen LogP contribution in [0.5, 0.6) is 0 Å². The van der Waals surface area contributed by atoms with Gasteiger partial charge < -0.3 is 5.32 Å². The Kier molecular flexibility index (Phi) is 8.01. The average molecular weight is 268 g/mol. The van der Waals surface area contributed by atoms with Gasteiger partial charge in [0.2, 0.25) is 0 Å². The maximum absolute atomic E-state index is 3.74. The van der Waals surface area contributed by atoms with Crippen LogP contribution < -0.4 is 5.32 Å². The van der Waals surface area contributed by atoms with Crippen LogP contribution >= 0.6 is 0 Å². The first-order valence-corrected chi connectivity index (χ1v) is 8.63. The highest BCUT2D eigenvalue weighted by Crippen LogP contribution is 2.28. The molecule has 2 nitrogen and oxygen atoms in total. The number of hydrogen-bond acceptors (Lipinski definition) is 2. The van der Waals surface area contributed by atoms with E-state index in [9.17, 15) is 0 Å². The number of likely N-dealkylation sites (N-methyl/N-ethyl adjacent to an activating group) is 2. The van der Waals surface area contributed by atoms with Crippen LogP contribution in [0.2, 0.25) is 0 Å². The monoisotopic (exact) mass is 268 g/mol. The molecule has 1 saturated carbocycles. The van der Waals surface area contributed by atoms with E-state index in [1.807, 2.05) is 0 Å². The van der Waals surface area contributed by atoms with Crippen LogP contribution in [-0.2, 0) is 0 Å². The minimum absolute atomic E-state index is 0.718. The maximum atomic E-state index is 3.74. The van der Waals surface area contributed by atoms with Crippen molar-refractivity contribution >= 4 is 0 Å². The molecule has 0 heterocycles. The normalized spacial score (nSPS) is 28.3. The van der Waals surface area contributed by atoms with Crippen LogP contribution in [0.15, 0.2) is 0 Å². The largest absolute Gasteiger partial charge is 0.313 e. The fourth-order valence-electron chi connectivity index (χ4n) is 3.63. The first-order chi connectivity index (χ1) is 9.15. The van der Waals surface area contributed by atoms with Gasteiger partial charge in [0.05, 0.1) is 0 Å². The highest BCUT2D eigenvalue weighted by molar-refractivity contribution is 4.90. The molecule has 0 saturated heterocycles. The SMILES string of the molecule is CCNC1CCC(C)CC1N(CC)CC(CC)CC. The van der Waals surface area contributed by atoms with Gasteiger partial charge in [-0.25, -0.2) is 0 Å². The van der Waals surface area contributed by atoms with Crippen molar-refractivity contribution < 1.29 is 0 Å². The van der Waals surface area contributed by atoms with Crippen LogP contribution in [0, 0.1) is 11.8 Å². The first kappa shape index (κ1) is 17.0. The van der Waals surface area contributed by atoms with Crippen LogP contribution in [0.4, 0.5) is 0 Å². The number of hydrogen-bond donors (Lipinski definition) is 1. The van der Waals surface area contributed by atoms with Gasteiger partial charge in [0.15, 0.2) is 0 Å². The van der Waals surface area contributed by atoms with E-state index in [1.54, 1.807) is 0 Å². The molecule has 0 aromatic rings. The predicted octanol–water partition coefficient (Wildman–Crippen LogP) is 3.91. The summed E-state index contributed by atoms with van der Waals surface area (Å²) in [7, 11) is 0. The van der Waals surface area contributed by atoms with Crippen molar-refractivity contribution in [1.29, 1.82) is 0 Å². The van der Waals surface area contributed by atoms with Crippen molar-refractivity contribution in [2.24, 2.45) is 11.8 Å². The Labute approximate surface area is 121 Å². The van der Waals surface area contributed by atoms with Gasteiger partial charge in [-0.2, -0.15) is 0 Å². The molecule has 3 unspecified atom stereocenters. The molecule has 0 aliphatic heterocycles. The lowest BCUT2D eigenvalue weighted by Crippen LogP contribution is -2.54. The van der Waals surface area contributed by atoms with E-state index < -0.39 is 0 Å². The van der Waals surface area contributed by atoms with Crippen LogP contribution in [0.3, 0.4) is 0 Å². The molecule has 114 valence electrons. The molecule has 2 heteroatoms. The van der Waals surface area contributed by atoms with Gasteiger partial charge in [0.1, 0.15) is 0 Å². The van der Waals surface area contributed by atoms with E-state index in [1.165, 1.54) is 45.2 Å². The number of nitrogens with one attached hydrogen (secondary N) is 1. The van der Waals surface area contributed by atoms with Crippen LogP contribution in [0.1, 0.15) is 66.7 Å². The third-order valence-corrected chi connectivity index (χ3v) is 5.07. The zero-order valence-electron chi connectivity index (χ0n) is 13.9. The van der Waals surface area contributed by atoms with Gasteiger partial charge in [-0.05, 0) is 44.2 Å². The molecule has 1 fully saturated rings. The van der Waals surface area contributed by atoms with Gasteiger partial charge in [0.25, 0.3) is 0 Å². The minimum atomic E-state index is 0.718. The average Bonchev–Trinajstić information content (AvgIpc) is 2.43. The summed E-state index contributed by atoms with van der Waals surface area (Å²) in [6.45, 7) is 15.3. The summed E-state index contributed by atoms with van der Waals surface area (Å²) in [5, 5.41) is 3.74. The lowest BCUT2D eigenvalue weighted by Gasteiger charge is -2.43. The van der Waals surface area contributed by atoms with E-state index in [0.29, 0.717) is 0 Å². The van der Waals surface area contributed by atoms with Gasteiger partial charge in [-0.3, -0.25) is 4.90 Å². The van der Waals surface area contributed by atoms with Crippen molar-refractivity contribution in [2.75, 3.05) is 19.6 Å². The standard InChI is InChI=1S/C17H36N2/c1-6-15(7-2)13-19(9-4)17-12-14(5)10-11-16(17)18-8-3/h14-18H,6-13H2,1-5H3. The summed E-state index contributed by atoms with van der Waals surface area (Å²) in [6, 6.07) is 1.48. The zero-order chi connectivity index (χ0) is 14.3. The molecule has 0 bridgehead atoms. The molecule has 1 aliphatic rings. The maximum Gasteiger partial charge on any atom is 0.0251 e. The van der Waals surface area contributed by atoms with Gasteiger partial charge in [-0.15, -0.1) is 0 Å². The van der Waals surface area contributed by atoms with Crippen molar-refractivity contribution in [3.63, 3.8) is 0 Å². The summed E-state index contributed by atoms with van der Waals surface area (Å²) < 4.78 is 0. The van der Waals surface area contributed by atoms with E-state index in [0.717, 1.165) is 30.5 Å². The Bertz CT molecular complexity index is 225. The lowest BCUT2D eigenvalue weighted by atomic mass is 9.82. The molecule has 19 heavy (non-hydrogen) atoms. The second-order valence-electron chi connectivity index (χ2n) is 6.42. The van der Waals surface area contributed by atoms with Gasteiger partial charge in [-0.1, -0.05) is 47.5 Å². The second-order valence-corrected chi connectivity index (χ2v) is 6.42. The Morgan fingerprint density at radius 3 is 2.32 bits per heavy atom. The summed E-state index contributed by atoms with van der Waals surface area (Å²) >= 11 is 0. The highest BCUT2D eigenvalue weighted by atomic mass is 15.2. The Hall–Kier alpha value is -0.0800. The molecule has 3 atom stereocenters. The molecule has 1 aliphatic carbocycles. The molecule has 0 amide bonds. The fourth-order valence-corrected chi connectivity index (χ4v) is 3.63. The Morgan fingerprint density at radius 2 is 1.79 bits per heavy atom. The summed E-state index contributed by atoms with van der Waals surface area (Å²) in [5.41, 5.74) is 0. The fraction of sp³-hybridized carbons (Fsp3) is 1.00. The van der Waals surface area contributed by atoms with Crippen molar-refractivity contribution in [3.8, 4) is 0 Å². The smallest absolute Gasteiger partial charge is 0.0251 e. The van der Waals surface area contributed by atoms with E-state index in [4.69, 9.17) is 0 Å². The Morgan fingerprint density at radius 1 is 1.11 bits per heavy atom. The molecule has 0 aromatic carbocycles. The third-order valence-electron chi connectivity index (χ3n) is 5.07. The number of nitrogens with zero attached hydrogens (tertiary/aromatic N) is 1. The zero-order valence-corrected chi connectivity index (χ0v) is 13.9. The van der Waals surface area contributed by atoms with E-state index in [-0.39, 0.29) is 0 Å². The first-order valence-electron chi connectivity index (χ1n) is 8.63. The van der Waals surface area contributed by atoms with Crippen molar-refractivity contribution in [2.45, 2.75) is 78.8 Å². The molecule has 1 N–H and O–H groups in total.